The molecule has 0 aliphatic heterocycles. The van der Waals surface area contributed by atoms with Crippen LogP contribution in [0.1, 0.15) is 62.1 Å². The molecule has 2 rings (SSSR count). The Labute approximate surface area is 115 Å². The lowest BCUT2D eigenvalue weighted by atomic mass is 9.84. The SMILES string of the molecule is Cc1cccc(C(CCC2CCCCC2)NN)c1F. The van der Waals surface area contributed by atoms with Gasteiger partial charge in [0.15, 0.2) is 0 Å². The molecule has 0 saturated heterocycles. The smallest absolute Gasteiger partial charge is 0.130 e. The van der Waals surface area contributed by atoms with E-state index in [1.807, 2.05) is 12.1 Å². The van der Waals surface area contributed by atoms with Gasteiger partial charge in [0, 0.05) is 11.6 Å². The van der Waals surface area contributed by atoms with E-state index in [0.29, 0.717) is 11.1 Å². The fraction of sp³-hybridized carbons (Fsp3) is 0.625. The maximum atomic E-state index is 14.1. The number of aryl methyl sites for hydroxylation is 1. The van der Waals surface area contributed by atoms with Crippen molar-refractivity contribution in [1.82, 2.24) is 5.43 Å². The third-order valence-corrected chi connectivity index (χ3v) is 4.39. The minimum absolute atomic E-state index is 0.0678. The highest BCUT2D eigenvalue weighted by Crippen LogP contribution is 2.31. The van der Waals surface area contributed by atoms with E-state index in [1.54, 1.807) is 13.0 Å². The molecule has 0 aromatic heterocycles. The van der Waals surface area contributed by atoms with Crippen molar-refractivity contribution in [3.63, 3.8) is 0 Å². The van der Waals surface area contributed by atoms with E-state index in [4.69, 9.17) is 5.84 Å². The molecule has 3 heteroatoms. The molecule has 1 saturated carbocycles. The van der Waals surface area contributed by atoms with Crippen molar-refractivity contribution >= 4 is 0 Å². The normalized spacial score (nSPS) is 18.5. The number of hydrazine groups is 1. The molecule has 0 spiro atoms. The second-order valence-corrected chi connectivity index (χ2v) is 5.78. The van der Waals surface area contributed by atoms with Crippen molar-refractivity contribution in [2.45, 2.75) is 57.9 Å². The first-order valence-electron chi connectivity index (χ1n) is 7.43. The summed E-state index contributed by atoms with van der Waals surface area (Å²) in [6.07, 6.45) is 8.79. The molecule has 1 unspecified atom stereocenters. The van der Waals surface area contributed by atoms with E-state index < -0.39 is 0 Å². The third-order valence-electron chi connectivity index (χ3n) is 4.39. The van der Waals surface area contributed by atoms with E-state index in [2.05, 4.69) is 5.43 Å². The summed E-state index contributed by atoms with van der Waals surface area (Å²) in [6.45, 7) is 1.80. The number of nitrogens with two attached hydrogens (primary N) is 1. The van der Waals surface area contributed by atoms with E-state index in [9.17, 15) is 4.39 Å². The summed E-state index contributed by atoms with van der Waals surface area (Å²) in [4.78, 5) is 0. The fourth-order valence-electron chi connectivity index (χ4n) is 3.15. The van der Waals surface area contributed by atoms with Gasteiger partial charge in [-0.3, -0.25) is 11.3 Å². The molecule has 106 valence electrons. The molecule has 1 fully saturated rings. The second-order valence-electron chi connectivity index (χ2n) is 5.78. The maximum absolute atomic E-state index is 14.1. The van der Waals surface area contributed by atoms with Crippen molar-refractivity contribution in [3.05, 3.63) is 35.1 Å². The summed E-state index contributed by atoms with van der Waals surface area (Å²) in [7, 11) is 0. The summed E-state index contributed by atoms with van der Waals surface area (Å²) in [5.74, 6) is 6.31. The molecular formula is C16H25FN2. The van der Waals surface area contributed by atoms with Gasteiger partial charge in [0.1, 0.15) is 5.82 Å². The van der Waals surface area contributed by atoms with Gasteiger partial charge in [-0.15, -0.1) is 0 Å². The lowest BCUT2D eigenvalue weighted by Crippen LogP contribution is -2.29. The van der Waals surface area contributed by atoms with Crippen molar-refractivity contribution in [2.24, 2.45) is 11.8 Å². The molecule has 1 aliphatic carbocycles. The maximum Gasteiger partial charge on any atom is 0.130 e. The van der Waals surface area contributed by atoms with Crippen molar-refractivity contribution < 1.29 is 4.39 Å². The second kappa shape index (κ2) is 7.01. The molecule has 0 bridgehead atoms. The predicted molar refractivity (Wildman–Crippen MR) is 77.0 cm³/mol. The summed E-state index contributed by atoms with van der Waals surface area (Å²) in [5, 5.41) is 0. The minimum atomic E-state index is -0.117. The van der Waals surface area contributed by atoms with Crippen LogP contribution < -0.4 is 11.3 Å². The summed E-state index contributed by atoms with van der Waals surface area (Å²) < 4.78 is 14.1. The van der Waals surface area contributed by atoms with Gasteiger partial charge in [0.2, 0.25) is 0 Å². The molecule has 19 heavy (non-hydrogen) atoms. The molecule has 1 aliphatic rings. The van der Waals surface area contributed by atoms with Gasteiger partial charge < -0.3 is 0 Å². The van der Waals surface area contributed by atoms with Gasteiger partial charge in [-0.25, -0.2) is 4.39 Å². The average Bonchev–Trinajstić information content (AvgIpc) is 2.45. The van der Waals surface area contributed by atoms with Gasteiger partial charge >= 0.3 is 0 Å². The molecular weight excluding hydrogens is 239 g/mol. The average molecular weight is 264 g/mol. The number of hydrogen-bond acceptors (Lipinski definition) is 2. The van der Waals surface area contributed by atoms with E-state index in [0.717, 1.165) is 18.8 Å². The molecule has 3 N–H and O–H groups in total. The Morgan fingerprint density at radius 3 is 2.74 bits per heavy atom. The van der Waals surface area contributed by atoms with Crippen LogP contribution in [0.15, 0.2) is 18.2 Å². The molecule has 0 amide bonds. The zero-order valence-electron chi connectivity index (χ0n) is 11.8. The van der Waals surface area contributed by atoms with Crippen molar-refractivity contribution in [1.29, 1.82) is 0 Å². The van der Waals surface area contributed by atoms with Gasteiger partial charge in [-0.2, -0.15) is 0 Å². The van der Waals surface area contributed by atoms with Gasteiger partial charge in [0.05, 0.1) is 0 Å². The fourth-order valence-corrected chi connectivity index (χ4v) is 3.15. The Bertz CT molecular complexity index is 400. The van der Waals surface area contributed by atoms with Crippen molar-refractivity contribution in [3.8, 4) is 0 Å². The molecule has 2 nitrogen and oxygen atoms in total. The molecule has 1 atom stereocenters. The Hall–Kier alpha value is -0.930. The first-order valence-corrected chi connectivity index (χ1v) is 7.43. The third kappa shape index (κ3) is 3.77. The zero-order chi connectivity index (χ0) is 13.7. The molecule has 0 heterocycles. The topological polar surface area (TPSA) is 38.0 Å². The highest BCUT2D eigenvalue weighted by atomic mass is 19.1. The predicted octanol–water partition coefficient (Wildman–Crippen LogP) is 4.00. The van der Waals surface area contributed by atoms with E-state index in [-0.39, 0.29) is 11.9 Å². The number of rotatable bonds is 5. The standard InChI is InChI=1S/C16H25FN2/c1-12-6-5-9-14(16(12)17)15(19-18)11-10-13-7-3-2-4-8-13/h5-6,9,13,15,19H,2-4,7-8,10-11,18H2,1H3. The van der Waals surface area contributed by atoms with Crippen LogP contribution in [0.2, 0.25) is 0 Å². The van der Waals surface area contributed by atoms with Crippen LogP contribution in [0.5, 0.6) is 0 Å². The molecule has 1 aromatic carbocycles. The monoisotopic (exact) mass is 264 g/mol. The quantitative estimate of drug-likeness (QED) is 0.623. The van der Waals surface area contributed by atoms with Crippen LogP contribution >= 0.6 is 0 Å². The van der Waals surface area contributed by atoms with Crippen LogP contribution in [0.25, 0.3) is 0 Å². The Balaban J connectivity index is 1.97. The first-order chi connectivity index (χ1) is 9.22. The highest BCUT2D eigenvalue weighted by molar-refractivity contribution is 5.27. The minimum Gasteiger partial charge on any atom is -0.271 e. The van der Waals surface area contributed by atoms with Crippen LogP contribution in [0, 0.1) is 18.7 Å². The summed E-state index contributed by atoms with van der Waals surface area (Å²) >= 11 is 0. The van der Waals surface area contributed by atoms with Gasteiger partial charge in [-0.1, -0.05) is 50.3 Å². The van der Waals surface area contributed by atoms with Crippen LogP contribution in [-0.2, 0) is 0 Å². The lowest BCUT2D eigenvalue weighted by molar-refractivity contribution is 0.313. The largest absolute Gasteiger partial charge is 0.271 e. The number of benzene rings is 1. The lowest BCUT2D eigenvalue weighted by Gasteiger charge is -2.24. The summed E-state index contributed by atoms with van der Waals surface area (Å²) in [5.41, 5.74) is 4.18. The molecule has 0 radical (unpaired) electrons. The van der Waals surface area contributed by atoms with Crippen LogP contribution in [-0.4, -0.2) is 0 Å². The van der Waals surface area contributed by atoms with Gasteiger partial charge in [-0.05, 0) is 31.2 Å². The number of halogens is 1. The zero-order valence-corrected chi connectivity index (χ0v) is 11.8. The van der Waals surface area contributed by atoms with Crippen molar-refractivity contribution in [2.75, 3.05) is 0 Å². The Kier molecular flexibility index (Phi) is 5.34. The van der Waals surface area contributed by atoms with E-state index in [1.165, 1.54) is 32.1 Å². The first kappa shape index (κ1) is 14.5. The number of nitrogens with one attached hydrogen (secondary N) is 1. The van der Waals surface area contributed by atoms with Gasteiger partial charge in [0.25, 0.3) is 0 Å². The highest BCUT2D eigenvalue weighted by Gasteiger charge is 2.19. The Morgan fingerprint density at radius 2 is 2.05 bits per heavy atom. The summed E-state index contributed by atoms with van der Waals surface area (Å²) in [6, 6.07) is 5.47. The number of hydrogen-bond donors (Lipinski definition) is 2. The van der Waals surface area contributed by atoms with Crippen LogP contribution in [0.3, 0.4) is 0 Å². The van der Waals surface area contributed by atoms with E-state index >= 15 is 0 Å². The Morgan fingerprint density at radius 1 is 1.32 bits per heavy atom. The van der Waals surface area contributed by atoms with Crippen LogP contribution in [0.4, 0.5) is 4.39 Å². The molecule has 1 aromatic rings.